The van der Waals surface area contributed by atoms with E-state index >= 15 is 0 Å². The van der Waals surface area contributed by atoms with Crippen molar-refractivity contribution in [1.29, 1.82) is 0 Å². The molecule has 5 rings (SSSR count). The minimum absolute atomic E-state index is 0.0604. The molecule has 0 bridgehead atoms. The molecule has 2 aromatic carbocycles. The summed E-state index contributed by atoms with van der Waals surface area (Å²) in [6.07, 6.45) is 4.52. The van der Waals surface area contributed by atoms with Crippen molar-refractivity contribution in [2.45, 2.75) is 62.1 Å². The second-order valence-electron chi connectivity index (χ2n) is 10.0. The van der Waals surface area contributed by atoms with Crippen molar-refractivity contribution in [3.05, 3.63) is 59.7 Å². The van der Waals surface area contributed by atoms with Crippen LogP contribution in [0.1, 0.15) is 43.2 Å². The molecule has 0 unspecified atom stereocenters. The van der Waals surface area contributed by atoms with Crippen molar-refractivity contribution in [2.75, 3.05) is 25.6 Å². The van der Waals surface area contributed by atoms with E-state index in [1.807, 2.05) is 24.3 Å². The molecular weight excluding hydrogens is 430 g/mol. The molecule has 1 saturated carbocycles. The lowest BCUT2D eigenvalue weighted by atomic mass is 9.69. The molecule has 180 valence electrons. The zero-order chi connectivity index (χ0) is 23.9. The molecule has 1 spiro atoms. The van der Waals surface area contributed by atoms with Crippen molar-refractivity contribution < 1.29 is 19.4 Å². The van der Waals surface area contributed by atoms with Gasteiger partial charge in [-0.1, -0.05) is 24.3 Å². The topological polar surface area (TPSA) is 82.1 Å². The van der Waals surface area contributed by atoms with E-state index in [0.29, 0.717) is 31.4 Å². The van der Waals surface area contributed by atoms with E-state index in [1.54, 1.807) is 19.2 Å². The van der Waals surface area contributed by atoms with Gasteiger partial charge in [0.1, 0.15) is 11.3 Å². The summed E-state index contributed by atoms with van der Waals surface area (Å²) in [6, 6.07) is 14.8. The molecule has 2 aromatic rings. The summed E-state index contributed by atoms with van der Waals surface area (Å²) in [5.41, 5.74) is 1.23. The molecule has 2 aliphatic heterocycles. The number of rotatable bonds is 3. The standard InChI is InChI=1S/C27H33N3O4/c1-29-16-6-7-19-17-22(34-2)11-10-20(19)18-23(29)27(33)14-12-26(13-15-27)24(31)30(25(32)28-26)21-8-4-3-5-9-21/h3-5,8-11,17,23,33H,6-7,12-16,18H2,1-2H3,(H,28,32)/t23-,26?,27?/m1/s1. The maximum atomic E-state index is 13.4. The molecule has 1 aliphatic carbocycles. The number of hydrogen-bond acceptors (Lipinski definition) is 5. The van der Waals surface area contributed by atoms with Crippen LogP contribution in [0.25, 0.3) is 0 Å². The van der Waals surface area contributed by atoms with Crippen LogP contribution in [0.15, 0.2) is 48.5 Å². The number of ether oxygens (including phenoxy) is 1. The number of nitrogens with one attached hydrogen (secondary N) is 1. The molecule has 3 amide bonds. The predicted molar refractivity (Wildman–Crippen MR) is 130 cm³/mol. The summed E-state index contributed by atoms with van der Waals surface area (Å²) in [4.78, 5) is 29.7. The van der Waals surface area contributed by atoms with E-state index in [2.05, 4.69) is 29.4 Å². The molecule has 1 atom stereocenters. The molecule has 1 saturated heterocycles. The molecule has 7 heteroatoms. The van der Waals surface area contributed by atoms with Gasteiger partial charge in [-0.25, -0.2) is 9.69 Å². The third kappa shape index (κ3) is 3.87. The first-order chi connectivity index (χ1) is 16.3. The first-order valence-corrected chi connectivity index (χ1v) is 12.2. The number of methoxy groups -OCH3 is 1. The molecule has 7 nitrogen and oxygen atoms in total. The van der Waals surface area contributed by atoms with Gasteiger partial charge in [0.2, 0.25) is 0 Å². The SMILES string of the molecule is COc1ccc2c(c1)CCCN(C)[C@@H](C1(O)CCC3(CC1)NC(=O)N(c1ccccc1)C3=O)C2. The van der Waals surface area contributed by atoms with Crippen molar-refractivity contribution in [2.24, 2.45) is 0 Å². The predicted octanol–water partition coefficient (Wildman–Crippen LogP) is 3.28. The van der Waals surface area contributed by atoms with Gasteiger partial charge in [0.25, 0.3) is 5.91 Å². The zero-order valence-electron chi connectivity index (χ0n) is 19.9. The average molecular weight is 464 g/mol. The summed E-state index contributed by atoms with van der Waals surface area (Å²) >= 11 is 0. The fraction of sp³-hybridized carbons (Fsp3) is 0.481. The Morgan fingerprint density at radius 2 is 1.76 bits per heavy atom. The quantitative estimate of drug-likeness (QED) is 0.683. The molecule has 2 fully saturated rings. The van der Waals surface area contributed by atoms with E-state index in [9.17, 15) is 14.7 Å². The maximum absolute atomic E-state index is 13.4. The largest absolute Gasteiger partial charge is 0.497 e. The number of likely N-dealkylation sites (N-methyl/N-ethyl adjacent to an activating group) is 1. The van der Waals surface area contributed by atoms with Crippen LogP contribution in [-0.2, 0) is 17.6 Å². The highest BCUT2D eigenvalue weighted by Gasteiger charge is 2.56. The Hall–Kier alpha value is -2.90. The number of para-hydroxylation sites is 1. The second kappa shape index (κ2) is 8.71. The number of nitrogens with zero attached hydrogens (tertiary/aromatic N) is 2. The Morgan fingerprint density at radius 1 is 1.03 bits per heavy atom. The van der Waals surface area contributed by atoms with E-state index < -0.39 is 11.1 Å². The number of fused-ring (bicyclic) bond motifs is 1. The Bertz CT molecular complexity index is 1080. The van der Waals surface area contributed by atoms with Gasteiger partial charge in [-0.05, 0) is 93.9 Å². The number of urea groups is 1. The molecule has 0 radical (unpaired) electrons. The fourth-order valence-corrected chi connectivity index (χ4v) is 6.01. The number of aliphatic hydroxyl groups is 1. The number of anilines is 1. The Labute approximate surface area is 200 Å². The Morgan fingerprint density at radius 3 is 2.47 bits per heavy atom. The fourth-order valence-electron chi connectivity index (χ4n) is 6.01. The normalized spacial score (nSPS) is 30.0. The van der Waals surface area contributed by atoms with Gasteiger partial charge in [0.15, 0.2) is 0 Å². The van der Waals surface area contributed by atoms with Gasteiger partial charge in [-0.15, -0.1) is 0 Å². The van der Waals surface area contributed by atoms with Crippen LogP contribution in [-0.4, -0.2) is 59.8 Å². The molecule has 2 N–H and O–H groups in total. The highest BCUT2D eigenvalue weighted by molar-refractivity contribution is 6.23. The summed E-state index contributed by atoms with van der Waals surface area (Å²) in [6.45, 7) is 0.895. The van der Waals surface area contributed by atoms with Crippen LogP contribution >= 0.6 is 0 Å². The number of carbonyl (C=O) groups is 2. The van der Waals surface area contributed by atoms with Gasteiger partial charge >= 0.3 is 6.03 Å². The van der Waals surface area contributed by atoms with Crippen LogP contribution in [0.3, 0.4) is 0 Å². The molecule has 34 heavy (non-hydrogen) atoms. The lowest BCUT2D eigenvalue weighted by molar-refractivity contribution is -0.128. The number of aryl methyl sites for hydroxylation is 1. The number of carbonyl (C=O) groups excluding carboxylic acids is 2. The second-order valence-corrected chi connectivity index (χ2v) is 10.0. The first-order valence-electron chi connectivity index (χ1n) is 12.2. The van der Waals surface area contributed by atoms with Crippen molar-refractivity contribution in [3.63, 3.8) is 0 Å². The van der Waals surface area contributed by atoms with Crippen LogP contribution < -0.4 is 15.0 Å². The van der Waals surface area contributed by atoms with Crippen LogP contribution in [0.2, 0.25) is 0 Å². The third-order valence-corrected chi connectivity index (χ3v) is 8.08. The van der Waals surface area contributed by atoms with Crippen molar-refractivity contribution in [1.82, 2.24) is 10.2 Å². The van der Waals surface area contributed by atoms with E-state index in [0.717, 1.165) is 31.6 Å². The smallest absolute Gasteiger partial charge is 0.329 e. The van der Waals surface area contributed by atoms with E-state index in [1.165, 1.54) is 16.0 Å². The number of imide groups is 1. The molecule has 3 aliphatic rings. The summed E-state index contributed by atoms with van der Waals surface area (Å²) in [7, 11) is 3.77. The maximum Gasteiger partial charge on any atom is 0.329 e. The monoisotopic (exact) mass is 463 g/mol. The minimum atomic E-state index is -0.940. The third-order valence-electron chi connectivity index (χ3n) is 8.08. The number of amides is 3. The Kier molecular flexibility index (Phi) is 5.86. The summed E-state index contributed by atoms with van der Waals surface area (Å²) in [5.74, 6) is 0.648. The summed E-state index contributed by atoms with van der Waals surface area (Å²) < 4.78 is 5.42. The summed E-state index contributed by atoms with van der Waals surface area (Å²) in [5, 5.41) is 14.9. The first kappa shape index (κ1) is 22.9. The molecule has 0 aromatic heterocycles. The van der Waals surface area contributed by atoms with E-state index in [-0.39, 0.29) is 18.0 Å². The minimum Gasteiger partial charge on any atom is -0.497 e. The van der Waals surface area contributed by atoms with Gasteiger partial charge in [-0.3, -0.25) is 4.79 Å². The highest BCUT2D eigenvalue weighted by atomic mass is 16.5. The van der Waals surface area contributed by atoms with Crippen LogP contribution in [0.4, 0.5) is 10.5 Å². The highest BCUT2D eigenvalue weighted by Crippen LogP contribution is 2.43. The van der Waals surface area contributed by atoms with Crippen LogP contribution in [0, 0.1) is 0 Å². The van der Waals surface area contributed by atoms with Gasteiger partial charge in [0.05, 0.1) is 18.4 Å². The van der Waals surface area contributed by atoms with E-state index in [4.69, 9.17) is 4.74 Å². The molecular formula is C27H33N3O4. The average Bonchev–Trinajstić information content (AvgIpc) is 3.08. The lowest BCUT2D eigenvalue weighted by Crippen LogP contribution is -2.60. The number of hydrogen-bond donors (Lipinski definition) is 2. The van der Waals surface area contributed by atoms with Gasteiger partial charge in [-0.2, -0.15) is 0 Å². The number of benzene rings is 2. The van der Waals surface area contributed by atoms with Gasteiger partial charge < -0.3 is 20.1 Å². The van der Waals surface area contributed by atoms with Gasteiger partial charge in [0, 0.05) is 6.04 Å². The van der Waals surface area contributed by atoms with Crippen LogP contribution in [0.5, 0.6) is 5.75 Å². The zero-order valence-corrected chi connectivity index (χ0v) is 19.9. The molecule has 2 heterocycles. The lowest BCUT2D eigenvalue weighted by Gasteiger charge is -2.48. The van der Waals surface area contributed by atoms with Crippen molar-refractivity contribution >= 4 is 17.6 Å². The van der Waals surface area contributed by atoms with Crippen molar-refractivity contribution in [3.8, 4) is 5.75 Å². The Balaban J connectivity index is 1.36.